The number of ether oxygens (including phenoxy) is 1. The molecule has 5 heteroatoms. The Morgan fingerprint density at radius 1 is 1.44 bits per heavy atom. The van der Waals surface area contributed by atoms with Crippen molar-refractivity contribution in [2.24, 2.45) is 5.73 Å². The van der Waals surface area contributed by atoms with Crippen LogP contribution in [0.5, 0.6) is 0 Å². The van der Waals surface area contributed by atoms with Crippen molar-refractivity contribution >= 4 is 23.0 Å². The molecular weight excluding hydrogens is 222 g/mol. The van der Waals surface area contributed by atoms with Gasteiger partial charge in [-0.1, -0.05) is 12.2 Å². The van der Waals surface area contributed by atoms with Gasteiger partial charge in [-0.2, -0.15) is 0 Å². The van der Waals surface area contributed by atoms with E-state index in [9.17, 15) is 0 Å². The van der Waals surface area contributed by atoms with Crippen LogP contribution in [0.2, 0.25) is 0 Å². The van der Waals surface area contributed by atoms with Gasteiger partial charge in [0.05, 0.1) is 6.61 Å². The second-order valence-electron chi connectivity index (χ2n) is 3.72. The van der Waals surface area contributed by atoms with Crippen LogP contribution in [0.3, 0.4) is 0 Å². The summed E-state index contributed by atoms with van der Waals surface area (Å²) in [5.74, 6) is 0.927. The maximum absolute atomic E-state index is 5.60. The smallest absolute Gasteiger partial charge is 0.129 e. The van der Waals surface area contributed by atoms with E-state index in [0.717, 1.165) is 44.1 Å². The first-order valence-corrected chi connectivity index (χ1v) is 5.77. The van der Waals surface area contributed by atoms with Gasteiger partial charge in [-0.25, -0.2) is 4.98 Å². The van der Waals surface area contributed by atoms with Crippen molar-refractivity contribution in [3.8, 4) is 0 Å². The normalized spacial score (nSPS) is 16.9. The number of thiocarbonyl (C=S) groups is 1. The number of rotatable bonds is 2. The first-order valence-electron chi connectivity index (χ1n) is 5.36. The molecule has 1 aliphatic heterocycles. The molecule has 0 unspecified atom stereocenters. The highest BCUT2D eigenvalue weighted by Crippen LogP contribution is 2.14. The standard InChI is InChI=1S/C11H15N3OS/c12-11(16)9-2-3-13-10(8-9)14-4-1-6-15-7-5-14/h2-3,8H,1,4-7H2,(H2,12,16). The summed E-state index contributed by atoms with van der Waals surface area (Å²) in [4.78, 5) is 6.96. The lowest BCUT2D eigenvalue weighted by Gasteiger charge is -2.20. The number of hydrogen-bond acceptors (Lipinski definition) is 4. The monoisotopic (exact) mass is 237 g/mol. The molecule has 0 amide bonds. The minimum atomic E-state index is 0.412. The lowest BCUT2D eigenvalue weighted by molar-refractivity contribution is 0.152. The highest BCUT2D eigenvalue weighted by atomic mass is 32.1. The van der Waals surface area contributed by atoms with Crippen LogP contribution in [-0.2, 0) is 4.74 Å². The third kappa shape index (κ3) is 2.68. The van der Waals surface area contributed by atoms with Crippen molar-refractivity contribution in [3.63, 3.8) is 0 Å². The fourth-order valence-corrected chi connectivity index (χ4v) is 1.85. The van der Waals surface area contributed by atoms with Crippen LogP contribution in [0, 0.1) is 0 Å². The fraction of sp³-hybridized carbons (Fsp3) is 0.455. The Morgan fingerprint density at radius 2 is 2.31 bits per heavy atom. The summed E-state index contributed by atoms with van der Waals surface area (Å²) in [6.45, 7) is 3.41. The molecule has 4 nitrogen and oxygen atoms in total. The summed E-state index contributed by atoms with van der Waals surface area (Å²) < 4.78 is 5.40. The van der Waals surface area contributed by atoms with E-state index in [2.05, 4.69) is 9.88 Å². The summed E-state index contributed by atoms with van der Waals surface area (Å²) in [6.07, 6.45) is 2.77. The van der Waals surface area contributed by atoms with E-state index in [1.165, 1.54) is 0 Å². The zero-order valence-electron chi connectivity index (χ0n) is 9.06. The average molecular weight is 237 g/mol. The van der Waals surface area contributed by atoms with Crippen molar-refractivity contribution in [1.82, 2.24) is 4.98 Å². The van der Waals surface area contributed by atoms with Crippen LogP contribution >= 0.6 is 12.2 Å². The van der Waals surface area contributed by atoms with E-state index in [-0.39, 0.29) is 0 Å². The molecule has 0 aromatic carbocycles. The Hall–Kier alpha value is -1.20. The van der Waals surface area contributed by atoms with Crippen LogP contribution in [0.1, 0.15) is 12.0 Å². The molecule has 0 spiro atoms. The third-order valence-electron chi connectivity index (χ3n) is 2.58. The average Bonchev–Trinajstić information content (AvgIpc) is 2.57. The maximum atomic E-state index is 5.60. The second-order valence-corrected chi connectivity index (χ2v) is 4.16. The highest BCUT2D eigenvalue weighted by molar-refractivity contribution is 7.80. The van der Waals surface area contributed by atoms with Gasteiger partial charge in [0.2, 0.25) is 0 Å². The van der Waals surface area contributed by atoms with Crippen LogP contribution in [0.15, 0.2) is 18.3 Å². The molecule has 0 aliphatic carbocycles. The minimum Gasteiger partial charge on any atom is -0.389 e. The Bertz CT molecular complexity index is 375. The molecule has 1 aromatic rings. The first-order chi connectivity index (χ1) is 7.77. The summed E-state index contributed by atoms with van der Waals surface area (Å²) in [5.41, 5.74) is 6.47. The van der Waals surface area contributed by atoms with Gasteiger partial charge in [0.25, 0.3) is 0 Å². The lowest BCUT2D eigenvalue weighted by Crippen LogP contribution is -2.27. The number of hydrogen-bond donors (Lipinski definition) is 1. The van der Waals surface area contributed by atoms with E-state index in [4.69, 9.17) is 22.7 Å². The molecule has 1 aromatic heterocycles. The largest absolute Gasteiger partial charge is 0.389 e. The van der Waals surface area contributed by atoms with E-state index in [1.54, 1.807) is 6.20 Å². The Labute approximate surface area is 100 Å². The number of pyridine rings is 1. The lowest BCUT2D eigenvalue weighted by atomic mass is 10.2. The van der Waals surface area contributed by atoms with E-state index < -0.39 is 0 Å². The summed E-state index contributed by atoms with van der Waals surface area (Å²) >= 11 is 4.96. The van der Waals surface area contributed by atoms with Crippen molar-refractivity contribution in [3.05, 3.63) is 23.9 Å². The Kier molecular flexibility index (Phi) is 3.69. The molecule has 0 bridgehead atoms. The first kappa shape index (κ1) is 11.3. The zero-order valence-corrected chi connectivity index (χ0v) is 9.87. The fourth-order valence-electron chi connectivity index (χ4n) is 1.72. The van der Waals surface area contributed by atoms with Gasteiger partial charge >= 0.3 is 0 Å². The van der Waals surface area contributed by atoms with Gasteiger partial charge in [0, 0.05) is 31.5 Å². The van der Waals surface area contributed by atoms with Crippen LogP contribution in [-0.4, -0.2) is 36.3 Å². The van der Waals surface area contributed by atoms with Gasteiger partial charge in [0.1, 0.15) is 10.8 Å². The third-order valence-corrected chi connectivity index (χ3v) is 2.81. The van der Waals surface area contributed by atoms with Gasteiger partial charge in [0.15, 0.2) is 0 Å². The molecular formula is C11H15N3OS. The zero-order chi connectivity index (χ0) is 11.4. The molecule has 0 saturated carbocycles. The van der Waals surface area contributed by atoms with Crippen molar-refractivity contribution < 1.29 is 4.74 Å². The van der Waals surface area contributed by atoms with E-state index >= 15 is 0 Å². The molecule has 0 atom stereocenters. The summed E-state index contributed by atoms with van der Waals surface area (Å²) in [7, 11) is 0. The van der Waals surface area contributed by atoms with Gasteiger partial charge in [-0.15, -0.1) is 0 Å². The van der Waals surface area contributed by atoms with Crippen molar-refractivity contribution in [2.75, 3.05) is 31.2 Å². The number of aromatic nitrogens is 1. The van der Waals surface area contributed by atoms with Gasteiger partial charge in [-0.3, -0.25) is 0 Å². The van der Waals surface area contributed by atoms with E-state index in [0.29, 0.717) is 4.99 Å². The summed E-state index contributed by atoms with van der Waals surface area (Å²) in [5, 5.41) is 0. The van der Waals surface area contributed by atoms with Crippen molar-refractivity contribution in [1.29, 1.82) is 0 Å². The molecule has 1 aliphatic rings. The van der Waals surface area contributed by atoms with Gasteiger partial charge in [-0.05, 0) is 18.6 Å². The van der Waals surface area contributed by atoms with Crippen LogP contribution in [0.4, 0.5) is 5.82 Å². The maximum Gasteiger partial charge on any atom is 0.129 e. The molecule has 1 fully saturated rings. The topological polar surface area (TPSA) is 51.4 Å². The SMILES string of the molecule is NC(=S)c1ccnc(N2CCCOCC2)c1. The van der Waals surface area contributed by atoms with Crippen LogP contribution in [0.25, 0.3) is 0 Å². The molecule has 16 heavy (non-hydrogen) atoms. The van der Waals surface area contributed by atoms with Gasteiger partial charge < -0.3 is 15.4 Å². The van der Waals surface area contributed by atoms with Crippen molar-refractivity contribution in [2.45, 2.75) is 6.42 Å². The molecule has 86 valence electrons. The number of nitrogens with zero attached hydrogens (tertiary/aromatic N) is 2. The Balaban J connectivity index is 2.18. The second kappa shape index (κ2) is 5.23. The quantitative estimate of drug-likeness (QED) is 0.776. The minimum absolute atomic E-state index is 0.412. The summed E-state index contributed by atoms with van der Waals surface area (Å²) in [6, 6.07) is 3.77. The Morgan fingerprint density at radius 3 is 3.12 bits per heavy atom. The molecule has 1 saturated heterocycles. The van der Waals surface area contributed by atoms with Crippen LogP contribution < -0.4 is 10.6 Å². The van der Waals surface area contributed by atoms with E-state index in [1.807, 2.05) is 12.1 Å². The molecule has 0 radical (unpaired) electrons. The predicted molar refractivity (Wildman–Crippen MR) is 67.8 cm³/mol. The molecule has 2 N–H and O–H groups in total. The highest BCUT2D eigenvalue weighted by Gasteiger charge is 2.11. The molecule has 2 rings (SSSR count). The molecule has 2 heterocycles. The number of anilines is 1. The number of nitrogens with two attached hydrogens (primary N) is 1. The predicted octanol–water partition coefficient (Wildman–Crippen LogP) is 0.942.